The van der Waals surface area contributed by atoms with Crippen LogP contribution in [-0.4, -0.2) is 19.2 Å². The van der Waals surface area contributed by atoms with Gasteiger partial charge in [-0.1, -0.05) is 30.3 Å². The first-order chi connectivity index (χ1) is 11.8. The number of ether oxygens (including phenoxy) is 2. The van der Waals surface area contributed by atoms with E-state index in [9.17, 15) is 10.0 Å². The second-order valence-electron chi connectivity index (χ2n) is 5.33. The Morgan fingerprint density at radius 2 is 2.00 bits per heavy atom. The molecule has 0 N–H and O–H groups in total. The molecule has 0 radical (unpaired) electrons. The molecule has 0 saturated heterocycles. The third-order valence-corrected chi connectivity index (χ3v) is 3.64. The maximum Gasteiger partial charge on any atom is 0.341 e. The Hall–Kier alpha value is -2.74. The summed E-state index contributed by atoms with van der Waals surface area (Å²) in [6, 6.07) is 14.0. The summed E-state index contributed by atoms with van der Waals surface area (Å²) in [7, 11) is 0. The number of benzene rings is 2. The molecule has 5 heteroatoms. The van der Waals surface area contributed by atoms with Gasteiger partial charge in [0.25, 0.3) is 0 Å². The van der Waals surface area contributed by atoms with Gasteiger partial charge in [0.05, 0.1) is 13.2 Å². The van der Waals surface area contributed by atoms with Crippen LogP contribution in [0.15, 0.2) is 36.4 Å². The fourth-order valence-electron chi connectivity index (χ4n) is 2.50. The average molecular weight is 327 g/mol. The molecule has 2 aromatic carbocycles. The smallest absolute Gasteiger partial charge is 0.341 e. The Morgan fingerprint density at radius 3 is 2.79 bits per heavy atom. The highest BCUT2D eigenvalue weighted by atomic mass is 16.5. The van der Waals surface area contributed by atoms with Crippen molar-refractivity contribution in [2.75, 3.05) is 13.2 Å². The van der Waals surface area contributed by atoms with Crippen molar-refractivity contribution in [1.82, 2.24) is 0 Å². The topological polar surface area (TPSA) is 63.0 Å². The summed E-state index contributed by atoms with van der Waals surface area (Å²) < 4.78 is 10.7. The normalized spacial score (nSPS) is 10.0. The van der Waals surface area contributed by atoms with Crippen LogP contribution in [0.5, 0.6) is 5.75 Å². The molecule has 0 aromatic heterocycles. The molecule has 0 spiro atoms. The lowest BCUT2D eigenvalue weighted by atomic mass is 10.0. The number of esters is 1. The van der Waals surface area contributed by atoms with E-state index in [0.717, 1.165) is 30.0 Å². The van der Waals surface area contributed by atoms with Crippen molar-refractivity contribution < 1.29 is 14.3 Å². The van der Waals surface area contributed by atoms with Gasteiger partial charge < -0.3 is 14.7 Å². The molecule has 24 heavy (non-hydrogen) atoms. The van der Waals surface area contributed by atoms with Crippen LogP contribution in [0.1, 0.15) is 38.2 Å². The predicted octanol–water partition coefficient (Wildman–Crippen LogP) is 4.52. The van der Waals surface area contributed by atoms with Crippen molar-refractivity contribution in [1.29, 1.82) is 0 Å². The minimum Gasteiger partial charge on any atom is -0.498 e. The number of unbranched alkanes of at least 4 members (excludes halogenated alkanes) is 2. The zero-order chi connectivity index (χ0) is 17.2. The van der Waals surface area contributed by atoms with E-state index in [1.807, 2.05) is 36.4 Å². The molecule has 2 rings (SSSR count). The highest BCUT2D eigenvalue weighted by Crippen LogP contribution is 2.27. The number of carbonyl (C=O) groups excluding carboxylic acids is 1. The highest BCUT2D eigenvalue weighted by Gasteiger charge is 2.11. The van der Waals surface area contributed by atoms with Gasteiger partial charge in [-0.25, -0.2) is 0 Å². The highest BCUT2D eigenvalue weighted by molar-refractivity contribution is 5.90. The molecule has 126 valence electrons. The number of carbonyl (C=O) groups is 1. The van der Waals surface area contributed by atoms with Crippen molar-refractivity contribution >= 4 is 16.7 Å². The molecule has 0 unspecified atom stereocenters. The first kappa shape index (κ1) is 17.6. The van der Waals surface area contributed by atoms with E-state index < -0.39 is 0 Å². The second kappa shape index (κ2) is 9.41. The van der Waals surface area contributed by atoms with Crippen molar-refractivity contribution in [2.24, 2.45) is 0 Å². The Balaban J connectivity index is 1.89. The van der Waals surface area contributed by atoms with E-state index in [4.69, 9.17) is 9.47 Å². The van der Waals surface area contributed by atoms with Crippen LogP contribution in [0.2, 0.25) is 0 Å². The third kappa shape index (κ3) is 4.88. The summed E-state index contributed by atoms with van der Waals surface area (Å²) >= 11 is 0. The first-order valence-electron chi connectivity index (χ1n) is 8.14. The quantitative estimate of drug-likeness (QED) is 0.406. The minimum atomic E-state index is -0.156. The lowest BCUT2D eigenvalue weighted by molar-refractivity contribution is -0.143. The molecule has 5 nitrogen and oxygen atoms in total. The molecule has 0 heterocycles. The lowest BCUT2D eigenvalue weighted by Crippen LogP contribution is -2.04. The Kier molecular flexibility index (Phi) is 6.91. The van der Waals surface area contributed by atoms with Gasteiger partial charge in [0, 0.05) is 16.8 Å². The molecule has 0 amide bonds. The summed E-state index contributed by atoms with van der Waals surface area (Å²) in [6.07, 6.45) is 2.91. The van der Waals surface area contributed by atoms with Gasteiger partial charge in [0.1, 0.15) is 5.75 Å². The van der Waals surface area contributed by atoms with Gasteiger partial charge in [-0.3, -0.25) is 4.79 Å². The van der Waals surface area contributed by atoms with Crippen LogP contribution in [-0.2, 0) is 9.53 Å². The molecular weight excluding hydrogens is 306 g/mol. The molecule has 2 aromatic rings. The monoisotopic (exact) mass is 327 g/mol. The van der Waals surface area contributed by atoms with Crippen LogP contribution in [0, 0.1) is 11.3 Å². The molecule has 0 aliphatic rings. The Morgan fingerprint density at radius 1 is 1.17 bits per heavy atom. The summed E-state index contributed by atoms with van der Waals surface area (Å²) in [4.78, 5) is 11.2. The molecule has 0 fully saturated rings. The number of nitrogens with zero attached hydrogens (tertiary/aromatic N) is 1. The van der Waals surface area contributed by atoms with E-state index in [-0.39, 0.29) is 5.97 Å². The fraction of sp³-hybridized carbons (Fsp3) is 0.368. The van der Waals surface area contributed by atoms with Crippen molar-refractivity contribution in [3.63, 3.8) is 0 Å². The van der Waals surface area contributed by atoms with E-state index in [1.165, 1.54) is 0 Å². The van der Waals surface area contributed by atoms with Crippen molar-refractivity contribution in [2.45, 2.75) is 32.6 Å². The van der Waals surface area contributed by atoms with Crippen molar-refractivity contribution in [3.8, 4) is 11.8 Å². The van der Waals surface area contributed by atoms with Crippen LogP contribution >= 0.6 is 0 Å². The van der Waals surface area contributed by atoms with E-state index >= 15 is 0 Å². The van der Waals surface area contributed by atoms with E-state index in [1.54, 1.807) is 6.92 Å². The van der Waals surface area contributed by atoms with E-state index in [0.29, 0.717) is 30.9 Å². The van der Waals surface area contributed by atoms with Crippen LogP contribution < -0.4 is 4.74 Å². The Labute approximate surface area is 141 Å². The predicted molar refractivity (Wildman–Crippen MR) is 94.3 cm³/mol. The summed E-state index contributed by atoms with van der Waals surface area (Å²) in [5.41, 5.74) is 0.578. The number of hydrogen-bond donors (Lipinski definition) is 0. The number of fused-ring (bicyclic) bond motifs is 1. The maximum atomic E-state index is 11.2. The molecule has 0 aliphatic heterocycles. The van der Waals surface area contributed by atoms with Gasteiger partial charge in [0.15, 0.2) is 5.56 Å². The van der Waals surface area contributed by atoms with Gasteiger partial charge in [-0.15, -0.1) is 0 Å². The maximum absolute atomic E-state index is 11.2. The Bertz CT molecular complexity index is 746. The van der Waals surface area contributed by atoms with Crippen LogP contribution in [0.4, 0.5) is 0 Å². The zero-order valence-corrected chi connectivity index (χ0v) is 13.8. The molecule has 0 atom stereocenters. The van der Waals surface area contributed by atoms with Crippen molar-refractivity contribution in [3.05, 3.63) is 52.2 Å². The summed E-state index contributed by atoms with van der Waals surface area (Å²) in [5, 5.41) is 15.3. The van der Waals surface area contributed by atoms with Crippen LogP contribution in [0.25, 0.3) is 15.8 Å². The fourth-order valence-corrected chi connectivity index (χ4v) is 2.50. The second-order valence-corrected chi connectivity index (χ2v) is 5.33. The molecule has 0 saturated carbocycles. The SMILES string of the molecule is CCOC(=O)CCCCCOc1ccc2ccccc2c1C#[N+][O-]. The standard InChI is InChI=1S/C19H21NO4/c1-2-23-19(21)10-4-3-7-13-24-18-12-11-15-8-5-6-9-16(15)17(18)14-20-22/h5-6,8-9,11-12H,2-4,7,10,13H2,1H3. The molecule has 0 aliphatic carbocycles. The first-order valence-corrected chi connectivity index (χ1v) is 8.14. The number of hydrogen-bond acceptors (Lipinski definition) is 4. The number of rotatable bonds is 8. The summed E-state index contributed by atoms with van der Waals surface area (Å²) in [6.45, 7) is 2.73. The van der Waals surface area contributed by atoms with Crippen LogP contribution in [0.3, 0.4) is 0 Å². The van der Waals surface area contributed by atoms with Gasteiger partial charge >= 0.3 is 12.0 Å². The minimum absolute atomic E-state index is 0.156. The molecule has 0 bridgehead atoms. The van der Waals surface area contributed by atoms with Gasteiger partial charge in [0.2, 0.25) is 0 Å². The lowest BCUT2D eigenvalue weighted by Gasteiger charge is -2.09. The van der Waals surface area contributed by atoms with Gasteiger partial charge in [-0.05, 0) is 37.6 Å². The van der Waals surface area contributed by atoms with E-state index in [2.05, 4.69) is 11.1 Å². The zero-order valence-electron chi connectivity index (χ0n) is 13.8. The van der Waals surface area contributed by atoms with Gasteiger partial charge in [-0.2, -0.15) is 0 Å². The average Bonchev–Trinajstić information content (AvgIpc) is 2.60. The third-order valence-electron chi connectivity index (χ3n) is 3.64. The largest absolute Gasteiger partial charge is 0.498 e. The summed E-state index contributed by atoms with van der Waals surface area (Å²) in [5.74, 6) is 0.440. The molecular formula is C19H21NO4.